The van der Waals surface area contributed by atoms with Crippen molar-refractivity contribution in [2.24, 2.45) is 0 Å². The number of halogens is 6. The molecular weight excluding hydrogens is 464 g/mol. The number of methoxy groups -OCH3 is 1. The molecule has 3 rings (SSSR count). The molecule has 1 aliphatic rings. The van der Waals surface area contributed by atoms with Gasteiger partial charge in [-0.1, -0.05) is 30.3 Å². The highest BCUT2D eigenvalue weighted by Crippen LogP contribution is 2.38. The zero-order valence-electron chi connectivity index (χ0n) is 18.6. The molecule has 4 nitrogen and oxygen atoms in total. The number of carbonyl (C=O) groups excluding carboxylic acids is 1. The molecule has 1 saturated heterocycles. The summed E-state index contributed by atoms with van der Waals surface area (Å²) in [4.78, 5) is 14.1. The zero-order valence-corrected chi connectivity index (χ0v) is 18.6. The standard InChI is InChI=1S/C24H25F6NO3/c1-15(22(32)33-2)31-10-6-9-20(21(31)17-7-4-3-5-8-17)34-14-16-11-18(23(25,26)27)13-19(12-16)24(28,29)30/h3-5,7-8,11-13,15,20-21H,6,9-10,14H2,1-2H3/t15?,20-,21-/m0/s1. The Morgan fingerprint density at radius 3 is 2.15 bits per heavy atom. The summed E-state index contributed by atoms with van der Waals surface area (Å²) < 4.78 is 90.0. The first-order chi connectivity index (χ1) is 15.9. The Hall–Kier alpha value is -2.59. The van der Waals surface area contributed by atoms with Crippen LogP contribution in [0.5, 0.6) is 0 Å². The lowest BCUT2D eigenvalue weighted by molar-refractivity contribution is -0.151. The molecule has 10 heteroatoms. The van der Waals surface area contributed by atoms with Gasteiger partial charge >= 0.3 is 18.3 Å². The summed E-state index contributed by atoms with van der Waals surface area (Å²) in [5, 5.41) is 0. The summed E-state index contributed by atoms with van der Waals surface area (Å²) in [6, 6.07) is 9.51. The van der Waals surface area contributed by atoms with E-state index < -0.39 is 54.2 Å². The van der Waals surface area contributed by atoms with Crippen LogP contribution in [0.2, 0.25) is 0 Å². The van der Waals surface area contributed by atoms with Crippen LogP contribution in [0.25, 0.3) is 0 Å². The summed E-state index contributed by atoms with van der Waals surface area (Å²) in [6.45, 7) is 1.80. The van der Waals surface area contributed by atoms with E-state index in [0.717, 1.165) is 5.56 Å². The minimum absolute atomic E-state index is 0.0939. The third-order valence-corrected chi connectivity index (χ3v) is 5.91. The molecule has 0 radical (unpaired) electrons. The van der Waals surface area contributed by atoms with E-state index in [1.54, 1.807) is 6.92 Å². The molecule has 1 heterocycles. The molecule has 1 fully saturated rings. The van der Waals surface area contributed by atoms with E-state index in [1.807, 2.05) is 35.2 Å². The fourth-order valence-corrected chi connectivity index (χ4v) is 4.26. The number of hydrogen-bond donors (Lipinski definition) is 0. The highest BCUT2D eigenvalue weighted by atomic mass is 19.4. The Morgan fingerprint density at radius 1 is 1.03 bits per heavy atom. The van der Waals surface area contributed by atoms with Crippen LogP contribution in [0.1, 0.15) is 48.1 Å². The predicted octanol–water partition coefficient (Wildman–Crippen LogP) is 6.01. The predicted molar refractivity (Wildman–Crippen MR) is 112 cm³/mol. The maximum absolute atomic E-state index is 13.2. The van der Waals surface area contributed by atoms with Crippen molar-refractivity contribution in [3.05, 3.63) is 70.8 Å². The fraction of sp³-hybridized carbons (Fsp3) is 0.458. The van der Waals surface area contributed by atoms with Crippen LogP contribution in [0.15, 0.2) is 48.5 Å². The van der Waals surface area contributed by atoms with E-state index in [9.17, 15) is 31.1 Å². The van der Waals surface area contributed by atoms with E-state index in [1.165, 1.54) is 7.11 Å². The minimum atomic E-state index is -4.93. The molecule has 1 aliphatic heterocycles. The number of hydrogen-bond acceptors (Lipinski definition) is 4. The molecule has 3 atom stereocenters. The summed E-state index contributed by atoms with van der Waals surface area (Å²) in [5.74, 6) is -0.450. The molecule has 186 valence electrons. The van der Waals surface area contributed by atoms with Crippen LogP contribution < -0.4 is 0 Å². The van der Waals surface area contributed by atoms with E-state index >= 15 is 0 Å². The third kappa shape index (κ3) is 6.09. The summed E-state index contributed by atoms with van der Waals surface area (Å²) in [7, 11) is 1.28. The number of alkyl halides is 6. The Morgan fingerprint density at radius 2 is 1.62 bits per heavy atom. The van der Waals surface area contributed by atoms with Crippen molar-refractivity contribution in [3.63, 3.8) is 0 Å². The highest BCUT2D eigenvalue weighted by Gasteiger charge is 2.39. The largest absolute Gasteiger partial charge is 0.468 e. The van der Waals surface area contributed by atoms with Gasteiger partial charge in [0.2, 0.25) is 0 Å². The van der Waals surface area contributed by atoms with Crippen molar-refractivity contribution in [2.45, 2.75) is 56.9 Å². The van der Waals surface area contributed by atoms with E-state index in [0.29, 0.717) is 31.5 Å². The number of piperidine rings is 1. The third-order valence-electron chi connectivity index (χ3n) is 5.91. The molecule has 2 aromatic rings. The summed E-state index contributed by atoms with van der Waals surface area (Å²) >= 11 is 0. The molecule has 1 unspecified atom stereocenters. The zero-order chi connectivity index (χ0) is 25.1. The Balaban J connectivity index is 1.91. The second-order valence-electron chi connectivity index (χ2n) is 8.20. The van der Waals surface area contributed by atoms with Gasteiger partial charge < -0.3 is 9.47 Å². The van der Waals surface area contributed by atoms with Crippen LogP contribution in [0.4, 0.5) is 26.3 Å². The second-order valence-corrected chi connectivity index (χ2v) is 8.20. The first-order valence-corrected chi connectivity index (χ1v) is 10.7. The number of rotatable bonds is 6. The van der Waals surface area contributed by atoms with Crippen molar-refractivity contribution >= 4 is 5.97 Å². The number of esters is 1. The molecule has 0 aliphatic carbocycles. The lowest BCUT2D eigenvalue weighted by atomic mass is 9.91. The van der Waals surface area contributed by atoms with Gasteiger partial charge in [0.15, 0.2) is 0 Å². The van der Waals surface area contributed by atoms with Gasteiger partial charge in [0.05, 0.1) is 37.0 Å². The number of nitrogens with zero attached hydrogens (tertiary/aromatic N) is 1. The molecular formula is C24H25F6NO3. The number of benzene rings is 2. The first-order valence-electron chi connectivity index (χ1n) is 10.7. The van der Waals surface area contributed by atoms with Crippen molar-refractivity contribution in [2.75, 3.05) is 13.7 Å². The number of carbonyl (C=O) groups is 1. The maximum atomic E-state index is 13.2. The SMILES string of the molecule is COC(=O)C(C)N1CCC[C@H](OCc2cc(C(F)(F)F)cc(C(F)(F)F)c2)[C@@H]1c1ccccc1. The smallest absolute Gasteiger partial charge is 0.416 e. The lowest BCUT2D eigenvalue weighted by Crippen LogP contribution is -2.50. The second kappa shape index (κ2) is 10.4. The van der Waals surface area contributed by atoms with Crippen LogP contribution in [0.3, 0.4) is 0 Å². The summed E-state index contributed by atoms with van der Waals surface area (Å²) in [5.41, 5.74) is -2.18. The molecule has 0 amide bonds. The molecule has 0 N–H and O–H groups in total. The van der Waals surface area contributed by atoms with Gasteiger partial charge in [-0.3, -0.25) is 9.69 Å². The Bertz CT molecular complexity index is 945. The quantitative estimate of drug-likeness (QED) is 0.368. The van der Waals surface area contributed by atoms with Gasteiger partial charge in [0, 0.05) is 0 Å². The molecule has 0 spiro atoms. The first kappa shape index (κ1) is 26.0. The van der Waals surface area contributed by atoms with Gasteiger partial charge in [0.25, 0.3) is 0 Å². The molecule has 0 bridgehead atoms. The van der Waals surface area contributed by atoms with Crippen molar-refractivity contribution in [1.29, 1.82) is 0 Å². The van der Waals surface area contributed by atoms with Gasteiger partial charge in [0.1, 0.15) is 6.04 Å². The van der Waals surface area contributed by atoms with Gasteiger partial charge in [-0.25, -0.2) is 0 Å². The molecule has 2 aromatic carbocycles. The van der Waals surface area contributed by atoms with Crippen LogP contribution in [-0.2, 0) is 33.2 Å². The van der Waals surface area contributed by atoms with Crippen molar-refractivity contribution in [3.8, 4) is 0 Å². The van der Waals surface area contributed by atoms with E-state index in [2.05, 4.69) is 0 Å². The Labute approximate surface area is 193 Å². The number of likely N-dealkylation sites (tertiary alicyclic amines) is 1. The van der Waals surface area contributed by atoms with Crippen LogP contribution in [-0.4, -0.2) is 36.7 Å². The average molecular weight is 489 g/mol. The van der Waals surface area contributed by atoms with Crippen molar-refractivity contribution < 1.29 is 40.6 Å². The normalized spacial score (nSPS) is 20.7. The Kier molecular flexibility index (Phi) is 7.92. The van der Waals surface area contributed by atoms with Gasteiger partial charge in [-0.15, -0.1) is 0 Å². The molecule has 0 aromatic heterocycles. The van der Waals surface area contributed by atoms with E-state index in [-0.39, 0.29) is 11.6 Å². The fourth-order valence-electron chi connectivity index (χ4n) is 4.26. The van der Waals surface area contributed by atoms with Gasteiger partial charge in [-0.2, -0.15) is 26.3 Å². The summed E-state index contributed by atoms with van der Waals surface area (Å²) in [6.07, 6.45) is -9.27. The average Bonchev–Trinajstić information content (AvgIpc) is 2.80. The molecule has 0 saturated carbocycles. The monoisotopic (exact) mass is 489 g/mol. The van der Waals surface area contributed by atoms with Crippen molar-refractivity contribution in [1.82, 2.24) is 4.90 Å². The van der Waals surface area contributed by atoms with Crippen LogP contribution in [0, 0.1) is 0 Å². The highest BCUT2D eigenvalue weighted by molar-refractivity contribution is 5.75. The minimum Gasteiger partial charge on any atom is -0.468 e. The van der Waals surface area contributed by atoms with Gasteiger partial charge in [-0.05, 0) is 55.6 Å². The molecule has 34 heavy (non-hydrogen) atoms. The van der Waals surface area contributed by atoms with E-state index in [4.69, 9.17) is 9.47 Å². The van der Waals surface area contributed by atoms with Crippen LogP contribution >= 0.6 is 0 Å². The topological polar surface area (TPSA) is 38.8 Å². The maximum Gasteiger partial charge on any atom is 0.416 e. The number of ether oxygens (including phenoxy) is 2. The lowest BCUT2D eigenvalue weighted by Gasteiger charge is -2.43.